The Morgan fingerprint density at radius 1 is 1.83 bits per heavy atom. The first-order valence-corrected chi connectivity index (χ1v) is 3.57. The summed E-state index contributed by atoms with van der Waals surface area (Å²) in [4.78, 5) is 14.8. The van der Waals surface area contributed by atoms with Crippen LogP contribution in [0.25, 0.3) is 0 Å². The number of aromatic nitrogens is 1. The molecule has 1 N–H and O–H groups in total. The zero-order valence-corrected chi connectivity index (χ0v) is 6.62. The molecule has 0 fully saturated rings. The fraction of sp³-hybridized carbons (Fsp3) is 0.250. The Morgan fingerprint density at radius 2 is 2.67 bits per heavy atom. The minimum atomic E-state index is -0.0798. The van der Waals surface area contributed by atoms with Gasteiger partial charge in [0.05, 0.1) is 12.1 Å². The van der Waals surface area contributed by atoms with Crippen LogP contribution in [0.4, 0.5) is 0 Å². The van der Waals surface area contributed by atoms with Gasteiger partial charge in [0.2, 0.25) is 5.91 Å². The van der Waals surface area contributed by atoms with E-state index < -0.39 is 0 Å². The van der Waals surface area contributed by atoms with Gasteiger partial charge in [-0.3, -0.25) is 4.79 Å². The van der Waals surface area contributed by atoms with E-state index in [1.54, 1.807) is 6.08 Å². The molecule has 0 atom stereocenters. The molecule has 1 aromatic heterocycles. The normalized spacial score (nSPS) is 9.33. The average molecular weight is 166 g/mol. The zero-order chi connectivity index (χ0) is 8.81. The van der Waals surface area contributed by atoms with Gasteiger partial charge in [-0.05, 0) is 0 Å². The van der Waals surface area contributed by atoms with Crippen LogP contribution in [0.15, 0.2) is 29.7 Å². The molecule has 1 rings (SSSR count). The van der Waals surface area contributed by atoms with Crippen LogP contribution in [0.1, 0.15) is 5.69 Å². The fourth-order valence-corrected chi connectivity index (χ4v) is 0.738. The summed E-state index contributed by atoms with van der Waals surface area (Å²) in [5.74, 6) is -0.0798. The van der Waals surface area contributed by atoms with Crippen molar-refractivity contribution in [1.29, 1.82) is 0 Å². The number of nitrogens with one attached hydrogen (secondary N) is 1. The van der Waals surface area contributed by atoms with E-state index in [1.165, 1.54) is 12.7 Å². The number of carbonyl (C=O) groups is 1. The molecular weight excluding hydrogens is 156 g/mol. The second kappa shape index (κ2) is 4.33. The van der Waals surface area contributed by atoms with Crippen molar-refractivity contribution in [1.82, 2.24) is 10.3 Å². The maximum absolute atomic E-state index is 11.0. The number of hydrogen-bond acceptors (Lipinski definition) is 3. The number of hydrogen-bond donors (Lipinski definition) is 1. The summed E-state index contributed by atoms with van der Waals surface area (Å²) < 4.78 is 4.71. The lowest BCUT2D eigenvalue weighted by Gasteiger charge is -1.97. The number of amides is 1. The van der Waals surface area contributed by atoms with Crippen molar-refractivity contribution < 1.29 is 9.21 Å². The number of carbonyl (C=O) groups excluding carboxylic acids is 1. The maximum Gasteiger partial charge on any atom is 0.226 e. The smallest absolute Gasteiger partial charge is 0.226 e. The van der Waals surface area contributed by atoms with E-state index in [1.807, 2.05) is 0 Å². The molecule has 1 heterocycles. The van der Waals surface area contributed by atoms with Crippen molar-refractivity contribution in [2.45, 2.75) is 6.42 Å². The topological polar surface area (TPSA) is 55.1 Å². The van der Waals surface area contributed by atoms with Gasteiger partial charge in [0.25, 0.3) is 0 Å². The Hall–Kier alpha value is -1.58. The molecule has 0 saturated heterocycles. The largest absolute Gasteiger partial charge is 0.451 e. The highest BCUT2D eigenvalue weighted by Crippen LogP contribution is 1.94. The number of nitrogens with zero attached hydrogens (tertiary/aromatic N) is 1. The van der Waals surface area contributed by atoms with E-state index >= 15 is 0 Å². The van der Waals surface area contributed by atoms with Crippen LogP contribution >= 0.6 is 0 Å². The van der Waals surface area contributed by atoms with Crippen LogP contribution in [-0.2, 0) is 11.2 Å². The Kier molecular flexibility index (Phi) is 3.07. The highest BCUT2D eigenvalue weighted by Gasteiger charge is 2.03. The molecule has 1 amide bonds. The van der Waals surface area contributed by atoms with E-state index in [4.69, 9.17) is 4.42 Å². The summed E-state index contributed by atoms with van der Waals surface area (Å²) in [6.45, 7) is 3.96. The second-order valence-corrected chi connectivity index (χ2v) is 2.25. The molecule has 0 bridgehead atoms. The van der Waals surface area contributed by atoms with Gasteiger partial charge in [0, 0.05) is 6.54 Å². The molecular formula is C8H10N2O2. The Balaban J connectivity index is 2.32. The molecule has 12 heavy (non-hydrogen) atoms. The first kappa shape index (κ1) is 8.52. The van der Waals surface area contributed by atoms with Gasteiger partial charge in [-0.25, -0.2) is 4.98 Å². The second-order valence-electron chi connectivity index (χ2n) is 2.25. The Bertz CT molecular complexity index is 254. The van der Waals surface area contributed by atoms with Gasteiger partial charge in [-0.1, -0.05) is 6.08 Å². The van der Waals surface area contributed by atoms with E-state index in [-0.39, 0.29) is 12.3 Å². The van der Waals surface area contributed by atoms with Gasteiger partial charge in [0.1, 0.15) is 6.26 Å². The van der Waals surface area contributed by atoms with Gasteiger partial charge in [-0.2, -0.15) is 0 Å². The summed E-state index contributed by atoms with van der Waals surface area (Å²) >= 11 is 0. The minimum absolute atomic E-state index is 0.0798. The molecule has 0 aromatic carbocycles. The van der Waals surface area contributed by atoms with E-state index in [0.717, 1.165) is 0 Å². The standard InChI is InChI=1S/C8H10N2O2/c1-2-3-9-8(11)4-7-5-12-6-10-7/h2,5-6H,1,3-4H2,(H,9,11). The Morgan fingerprint density at radius 3 is 3.25 bits per heavy atom. The molecule has 4 nitrogen and oxygen atoms in total. The Labute approximate surface area is 70.3 Å². The van der Waals surface area contributed by atoms with Crippen LogP contribution < -0.4 is 5.32 Å². The lowest BCUT2D eigenvalue weighted by molar-refractivity contribution is -0.120. The molecule has 0 unspecified atom stereocenters. The van der Waals surface area contributed by atoms with Crippen LogP contribution in [0, 0.1) is 0 Å². The SMILES string of the molecule is C=CCNC(=O)Cc1cocn1. The molecule has 0 aliphatic heterocycles. The number of rotatable bonds is 4. The maximum atomic E-state index is 11.0. The zero-order valence-electron chi connectivity index (χ0n) is 6.62. The van der Waals surface area contributed by atoms with Gasteiger partial charge >= 0.3 is 0 Å². The third-order valence-electron chi connectivity index (χ3n) is 1.27. The molecule has 0 radical (unpaired) electrons. The predicted octanol–water partition coefficient (Wildman–Crippen LogP) is 0.519. The monoisotopic (exact) mass is 166 g/mol. The van der Waals surface area contributed by atoms with Gasteiger partial charge in [0.15, 0.2) is 6.39 Å². The third-order valence-corrected chi connectivity index (χ3v) is 1.27. The average Bonchev–Trinajstić information content (AvgIpc) is 2.53. The first-order chi connectivity index (χ1) is 5.83. The molecule has 0 saturated carbocycles. The van der Waals surface area contributed by atoms with Crippen molar-refractivity contribution in [2.75, 3.05) is 6.54 Å². The van der Waals surface area contributed by atoms with Crippen molar-refractivity contribution >= 4 is 5.91 Å². The summed E-state index contributed by atoms with van der Waals surface area (Å²) in [5, 5.41) is 2.63. The first-order valence-electron chi connectivity index (χ1n) is 3.57. The molecule has 0 aliphatic rings. The van der Waals surface area contributed by atoms with Crippen LogP contribution in [0.2, 0.25) is 0 Å². The molecule has 4 heteroatoms. The van der Waals surface area contributed by atoms with E-state index in [9.17, 15) is 4.79 Å². The van der Waals surface area contributed by atoms with E-state index in [2.05, 4.69) is 16.9 Å². The summed E-state index contributed by atoms with van der Waals surface area (Å²) in [5.41, 5.74) is 0.636. The predicted molar refractivity (Wildman–Crippen MR) is 43.4 cm³/mol. The van der Waals surface area contributed by atoms with Crippen LogP contribution in [-0.4, -0.2) is 17.4 Å². The summed E-state index contributed by atoms with van der Waals surface area (Å²) in [7, 11) is 0. The van der Waals surface area contributed by atoms with Crippen LogP contribution in [0.5, 0.6) is 0 Å². The molecule has 64 valence electrons. The molecule has 0 spiro atoms. The van der Waals surface area contributed by atoms with Crippen molar-refractivity contribution in [3.63, 3.8) is 0 Å². The van der Waals surface area contributed by atoms with Crippen molar-refractivity contribution in [3.05, 3.63) is 31.0 Å². The lowest BCUT2D eigenvalue weighted by Crippen LogP contribution is -2.24. The lowest BCUT2D eigenvalue weighted by atomic mass is 10.3. The summed E-state index contributed by atoms with van der Waals surface area (Å²) in [6.07, 6.45) is 4.63. The fourth-order valence-electron chi connectivity index (χ4n) is 0.738. The van der Waals surface area contributed by atoms with E-state index in [0.29, 0.717) is 12.2 Å². The minimum Gasteiger partial charge on any atom is -0.451 e. The van der Waals surface area contributed by atoms with Crippen molar-refractivity contribution in [3.8, 4) is 0 Å². The quantitative estimate of drug-likeness (QED) is 0.663. The highest BCUT2D eigenvalue weighted by atomic mass is 16.3. The van der Waals surface area contributed by atoms with Crippen LogP contribution in [0.3, 0.4) is 0 Å². The molecule has 1 aromatic rings. The highest BCUT2D eigenvalue weighted by molar-refractivity contribution is 5.78. The summed E-state index contributed by atoms with van der Waals surface area (Å²) in [6, 6.07) is 0. The van der Waals surface area contributed by atoms with Gasteiger partial charge in [-0.15, -0.1) is 6.58 Å². The van der Waals surface area contributed by atoms with Gasteiger partial charge < -0.3 is 9.73 Å². The third kappa shape index (κ3) is 2.57. The molecule has 0 aliphatic carbocycles. The van der Waals surface area contributed by atoms with Crippen molar-refractivity contribution in [2.24, 2.45) is 0 Å². The number of oxazole rings is 1.